The Hall–Kier alpha value is -3.22. The van der Waals surface area contributed by atoms with Crippen molar-refractivity contribution in [3.8, 4) is 5.69 Å². The van der Waals surface area contributed by atoms with Gasteiger partial charge in [-0.05, 0) is 67.4 Å². The van der Waals surface area contributed by atoms with Crippen molar-refractivity contribution in [1.29, 1.82) is 0 Å². The zero-order valence-corrected chi connectivity index (χ0v) is 19.5. The van der Waals surface area contributed by atoms with Gasteiger partial charge in [-0.2, -0.15) is 0 Å². The van der Waals surface area contributed by atoms with E-state index in [2.05, 4.69) is 14.8 Å². The predicted octanol–water partition coefficient (Wildman–Crippen LogP) is 5.35. The lowest BCUT2D eigenvalue weighted by molar-refractivity contribution is -0.127. The standard InChI is InChI=1S/C27H26ClFN4O/c28-23-8-2-1-6-19(23)16-30-27(34)20-7-5-15-32(17-20)18-26-31-24-9-3-4-10-25(24)33(26)22-13-11-21(29)12-14-22/h1-4,6,8-14,20H,5,7,15-18H2,(H,30,34)/t20-/m1/s1. The first kappa shape index (κ1) is 22.6. The van der Waals surface area contributed by atoms with Gasteiger partial charge in [-0.25, -0.2) is 9.37 Å². The van der Waals surface area contributed by atoms with Crippen molar-refractivity contribution in [2.45, 2.75) is 25.9 Å². The molecule has 0 unspecified atom stereocenters. The van der Waals surface area contributed by atoms with Gasteiger partial charge in [0.05, 0.1) is 23.5 Å². The van der Waals surface area contributed by atoms with Gasteiger partial charge < -0.3 is 5.32 Å². The first-order valence-electron chi connectivity index (χ1n) is 11.5. The van der Waals surface area contributed by atoms with Crippen LogP contribution in [0.5, 0.6) is 0 Å². The smallest absolute Gasteiger partial charge is 0.224 e. The third kappa shape index (κ3) is 4.83. The number of imidazole rings is 1. The Morgan fingerprint density at radius 2 is 1.82 bits per heavy atom. The number of hydrogen-bond donors (Lipinski definition) is 1. The molecule has 1 N–H and O–H groups in total. The highest BCUT2D eigenvalue weighted by molar-refractivity contribution is 6.31. The monoisotopic (exact) mass is 476 g/mol. The lowest BCUT2D eigenvalue weighted by Gasteiger charge is -2.31. The molecule has 0 bridgehead atoms. The second-order valence-electron chi connectivity index (χ2n) is 8.71. The van der Waals surface area contributed by atoms with Crippen molar-refractivity contribution in [3.05, 3.63) is 95.0 Å². The number of amides is 1. The van der Waals surface area contributed by atoms with Gasteiger partial charge in [0, 0.05) is 23.8 Å². The quantitative estimate of drug-likeness (QED) is 0.408. The van der Waals surface area contributed by atoms with Crippen molar-refractivity contribution in [3.63, 3.8) is 0 Å². The van der Waals surface area contributed by atoms with Crippen molar-refractivity contribution in [2.24, 2.45) is 5.92 Å². The van der Waals surface area contributed by atoms with E-state index in [0.29, 0.717) is 24.7 Å². The number of carbonyl (C=O) groups excluding carboxylic acids is 1. The van der Waals surface area contributed by atoms with Crippen LogP contribution >= 0.6 is 11.6 Å². The number of para-hydroxylation sites is 2. The zero-order valence-electron chi connectivity index (χ0n) is 18.8. The highest BCUT2D eigenvalue weighted by atomic mass is 35.5. The highest BCUT2D eigenvalue weighted by Gasteiger charge is 2.27. The van der Waals surface area contributed by atoms with E-state index in [-0.39, 0.29) is 17.6 Å². The first-order valence-corrected chi connectivity index (χ1v) is 11.9. The number of fused-ring (bicyclic) bond motifs is 1. The van der Waals surface area contributed by atoms with Gasteiger partial charge in [0.15, 0.2) is 0 Å². The van der Waals surface area contributed by atoms with E-state index in [0.717, 1.165) is 47.5 Å². The molecule has 1 saturated heterocycles. The van der Waals surface area contributed by atoms with Crippen LogP contribution in [0, 0.1) is 11.7 Å². The van der Waals surface area contributed by atoms with Gasteiger partial charge in [0.2, 0.25) is 5.91 Å². The number of benzene rings is 3. The number of hydrogen-bond acceptors (Lipinski definition) is 3. The summed E-state index contributed by atoms with van der Waals surface area (Å²) in [6, 6.07) is 22.0. The molecule has 0 aliphatic carbocycles. The summed E-state index contributed by atoms with van der Waals surface area (Å²) in [5, 5.41) is 3.71. The van der Waals surface area contributed by atoms with Crippen molar-refractivity contribution in [2.75, 3.05) is 13.1 Å². The fraction of sp³-hybridized carbons (Fsp3) is 0.259. The molecule has 2 heterocycles. The average molecular weight is 477 g/mol. The fourth-order valence-corrected chi connectivity index (χ4v) is 4.84. The molecule has 1 atom stereocenters. The summed E-state index contributed by atoms with van der Waals surface area (Å²) in [5.41, 5.74) is 3.66. The summed E-state index contributed by atoms with van der Waals surface area (Å²) in [6.45, 7) is 2.61. The molecule has 1 fully saturated rings. The maximum absolute atomic E-state index is 13.5. The van der Waals surface area contributed by atoms with Crippen LogP contribution < -0.4 is 5.32 Å². The van der Waals surface area contributed by atoms with E-state index >= 15 is 0 Å². The zero-order chi connectivity index (χ0) is 23.5. The minimum atomic E-state index is -0.267. The van der Waals surface area contributed by atoms with Gasteiger partial charge in [-0.15, -0.1) is 0 Å². The number of aromatic nitrogens is 2. The molecule has 1 amide bonds. The predicted molar refractivity (Wildman–Crippen MR) is 132 cm³/mol. The first-order chi connectivity index (χ1) is 16.6. The number of likely N-dealkylation sites (tertiary alicyclic amines) is 1. The average Bonchev–Trinajstić information content (AvgIpc) is 3.22. The highest BCUT2D eigenvalue weighted by Crippen LogP contribution is 2.25. The van der Waals surface area contributed by atoms with E-state index in [1.807, 2.05) is 48.5 Å². The van der Waals surface area contributed by atoms with Gasteiger partial charge in [-0.3, -0.25) is 14.3 Å². The van der Waals surface area contributed by atoms with Crippen LogP contribution in [0.4, 0.5) is 4.39 Å². The largest absolute Gasteiger partial charge is 0.352 e. The molecule has 34 heavy (non-hydrogen) atoms. The van der Waals surface area contributed by atoms with Crippen molar-refractivity contribution in [1.82, 2.24) is 19.8 Å². The van der Waals surface area contributed by atoms with E-state index < -0.39 is 0 Å². The summed E-state index contributed by atoms with van der Waals surface area (Å²) in [6.07, 6.45) is 1.81. The maximum atomic E-state index is 13.5. The summed E-state index contributed by atoms with van der Waals surface area (Å²) in [7, 11) is 0. The Morgan fingerprint density at radius 1 is 1.06 bits per heavy atom. The number of halogens is 2. The molecule has 1 aliphatic heterocycles. The second kappa shape index (κ2) is 9.95. The number of piperidine rings is 1. The molecule has 0 radical (unpaired) electrons. The number of carbonyl (C=O) groups is 1. The summed E-state index contributed by atoms with van der Waals surface area (Å²) < 4.78 is 15.6. The topological polar surface area (TPSA) is 50.2 Å². The van der Waals surface area contributed by atoms with Crippen molar-refractivity contribution < 1.29 is 9.18 Å². The van der Waals surface area contributed by atoms with Crippen LogP contribution in [0.25, 0.3) is 16.7 Å². The Morgan fingerprint density at radius 3 is 2.65 bits per heavy atom. The molecule has 3 aromatic carbocycles. The molecule has 1 aliphatic rings. The molecule has 174 valence electrons. The van der Waals surface area contributed by atoms with Crippen molar-refractivity contribution >= 4 is 28.5 Å². The lowest BCUT2D eigenvalue weighted by atomic mass is 9.97. The van der Waals surface area contributed by atoms with E-state index in [1.165, 1.54) is 12.1 Å². The number of nitrogens with one attached hydrogen (secondary N) is 1. The Bertz CT molecular complexity index is 1300. The molecular weight excluding hydrogens is 451 g/mol. The minimum absolute atomic E-state index is 0.0525. The molecular formula is C27H26ClFN4O. The van der Waals surface area contributed by atoms with E-state index in [1.54, 1.807) is 12.1 Å². The SMILES string of the molecule is O=C(NCc1ccccc1Cl)[C@@H]1CCCN(Cc2nc3ccccc3n2-c2ccc(F)cc2)C1. The van der Waals surface area contributed by atoms with Gasteiger partial charge in [0.1, 0.15) is 11.6 Å². The molecule has 7 heteroatoms. The van der Waals surface area contributed by atoms with Crippen LogP contribution in [0.2, 0.25) is 5.02 Å². The Labute approximate surface area is 203 Å². The third-order valence-electron chi connectivity index (χ3n) is 6.37. The molecule has 5 nitrogen and oxygen atoms in total. The lowest BCUT2D eigenvalue weighted by Crippen LogP contribution is -2.42. The Kier molecular flexibility index (Phi) is 6.61. The van der Waals surface area contributed by atoms with Gasteiger partial charge in [-0.1, -0.05) is 41.9 Å². The maximum Gasteiger partial charge on any atom is 0.224 e. The normalized spacial score (nSPS) is 16.6. The van der Waals surface area contributed by atoms with Gasteiger partial charge in [0.25, 0.3) is 0 Å². The summed E-state index contributed by atoms with van der Waals surface area (Å²) in [5.74, 6) is 0.581. The molecule has 1 aromatic heterocycles. The summed E-state index contributed by atoms with van der Waals surface area (Å²) in [4.78, 5) is 20.1. The van der Waals surface area contributed by atoms with Crippen LogP contribution in [-0.2, 0) is 17.9 Å². The van der Waals surface area contributed by atoms with Crippen LogP contribution in [0.15, 0.2) is 72.8 Å². The van der Waals surface area contributed by atoms with Crippen LogP contribution in [-0.4, -0.2) is 33.4 Å². The van der Waals surface area contributed by atoms with Crippen LogP contribution in [0.1, 0.15) is 24.2 Å². The minimum Gasteiger partial charge on any atom is -0.352 e. The fourth-order valence-electron chi connectivity index (χ4n) is 4.64. The van der Waals surface area contributed by atoms with E-state index in [9.17, 15) is 9.18 Å². The summed E-state index contributed by atoms with van der Waals surface area (Å²) >= 11 is 6.22. The van der Waals surface area contributed by atoms with E-state index in [4.69, 9.17) is 16.6 Å². The number of nitrogens with zero attached hydrogens (tertiary/aromatic N) is 3. The molecule has 5 rings (SSSR count). The molecule has 4 aromatic rings. The van der Waals surface area contributed by atoms with Crippen LogP contribution in [0.3, 0.4) is 0 Å². The third-order valence-corrected chi connectivity index (χ3v) is 6.74. The molecule has 0 spiro atoms. The second-order valence-corrected chi connectivity index (χ2v) is 9.12. The molecule has 0 saturated carbocycles. The Balaban J connectivity index is 1.32. The number of rotatable bonds is 6. The van der Waals surface area contributed by atoms with Gasteiger partial charge >= 0.3 is 0 Å².